The van der Waals surface area contributed by atoms with Gasteiger partial charge in [-0.05, 0) is 49.9 Å². The standard InChI is InChI=1S/C15H15F6NO2/c1-9(10-2-3-10)22(8-14(16,17)18)13(23)11-4-6-12(7-5-11)24-15(19,20)21/h4-7,9-10H,2-3,8H2,1H3/t9-/m0/s1. The van der Waals surface area contributed by atoms with Gasteiger partial charge in [0.25, 0.3) is 5.91 Å². The fourth-order valence-corrected chi connectivity index (χ4v) is 2.39. The fraction of sp³-hybridized carbons (Fsp3) is 0.533. The molecule has 0 unspecified atom stereocenters. The third kappa shape index (κ3) is 5.31. The minimum atomic E-state index is -4.88. The van der Waals surface area contributed by atoms with Crippen molar-refractivity contribution in [3.05, 3.63) is 29.8 Å². The van der Waals surface area contributed by atoms with Crippen LogP contribution in [0.5, 0.6) is 5.75 Å². The highest BCUT2D eigenvalue weighted by Gasteiger charge is 2.40. The van der Waals surface area contributed by atoms with Crippen LogP contribution in [-0.2, 0) is 0 Å². The number of ether oxygens (including phenoxy) is 1. The Morgan fingerprint density at radius 1 is 1.17 bits per heavy atom. The Morgan fingerprint density at radius 3 is 2.12 bits per heavy atom. The van der Waals surface area contributed by atoms with E-state index in [1.165, 1.54) is 0 Å². The van der Waals surface area contributed by atoms with Crippen molar-refractivity contribution >= 4 is 5.91 Å². The fourth-order valence-electron chi connectivity index (χ4n) is 2.39. The summed E-state index contributed by atoms with van der Waals surface area (Å²) in [4.78, 5) is 13.1. The van der Waals surface area contributed by atoms with Gasteiger partial charge >= 0.3 is 12.5 Å². The molecule has 1 aliphatic rings. The van der Waals surface area contributed by atoms with Crippen LogP contribution in [0.25, 0.3) is 0 Å². The second-order valence-corrected chi connectivity index (χ2v) is 5.70. The van der Waals surface area contributed by atoms with E-state index in [0.29, 0.717) is 0 Å². The first-order valence-electron chi connectivity index (χ1n) is 7.20. The zero-order valence-corrected chi connectivity index (χ0v) is 12.6. The van der Waals surface area contributed by atoms with Crippen molar-refractivity contribution < 1.29 is 35.9 Å². The summed E-state index contributed by atoms with van der Waals surface area (Å²) in [6, 6.07) is 3.24. The highest BCUT2D eigenvalue weighted by Crippen LogP contribution is 2.36. The third-order valence-electron chi connectivity index (χ3n) is 3.74. The van der Waals surface area contributed by atoms with Crippen LogP contribution in [0.15, 0.2) is 24.3 Å². The number of nitrogens with zero attached hydrogens (tertiary/aromatic N) is 1. The van der Waals surface area contributed by atoms with Crippen LogP contribution < -0.4 is 4.74 Å². The lowest BCUT2D eigenvalue weighted by Gasteiger charge is -2.30. The number of carbonyl (C=O) groups is 1. The molecule has 0 heterocycles. The second kappa shape index (κ2) is 6.52. The second-order valence-electron chi connectivity index (χ2n) is 5.70. The Balaban J connectivity index is 2.16. The van der Waals surface area contributed by atoms with Gasteiger partial charge in [0.05, 0.1) is 0 Å². The molecule has 1 aromatic carbocycles. The van der Waals surface area contributed by atoms with Gasteiger partial charge in [0.2, 0.25) is 0 Å². The van der Waals surface area contributed by atoms with Crippen molar-refractivity contribution in [1.29, 1.82) is 0 Å². The number of carbonyl (C=O) groups excluding carboxylic acids is 1. The zero-order chi connectivity index (χ0) is 18.1. The van der Waals surface area contributed by atoms with Crippen molar-refractivity contribution in [2.24, 2.45) is 5.92 Å². The summed E-state index contributed by atoms with van der Waals surface area (Å²) >= 11 is 0. The Morgan fingerprint density at radius 2 is 1.71 bits per heavy atom. The van der Waals surface area contributed by atoms with Gasteiger partial charge in [0.1, 0.15) is 12.3 Å². The van der Waals surface area contributed by atoms with Crippen LogP contribution in [0.2, 0.25) is 0 Å². The lowest BCUT2D eigenvalue weighted by Crippen LogP contribution is -2.45. The number of alkyl halides is 6. The molecule has 0 saturated heterocycles. The number of hydrogen-bond acceptors (Lipinski definition) is 2. The molecule has 2 rings (SSSR count). The first kappa shape index (κ1) is 18.4. The van der Waals surface area contributed by atoms with Gasteiger partial charge in [-0.1, -0.05) is 0 Å². The molecule has 1 saturated carbocycles. The monoisotopic (exact) mass is 355 g/mol. The van der Waals surface area contributed by atoms with E-state index in [9.17, 15) is 31.1 Å². The normalized spacial score (nSPS) is 16.6. The van der Waals surface area contributed by atoms with Crippen LogP contribution in [0.3, 0.4) is 0 Å². The van der Waals surface area contributed by atoms with Gasteiger partial charge in [-0.25, -0.2) is 0 Å². The highest BCUT2D eigenvalue weighted by molar-refractivity contribution is 5.94. The predicted molar refractivity (Wildman–Crippen MR) is 72.4 cm³/mol. The zero-order valence-electron chi connectivity index (χ0n) is 12.6. The van der Waals surface area contributed by atoms with Gasteiger partial charge in [-0.2, -0.15) is 13.2 Å². The minimum absolute atomic E-state index is 0.0177. The summed E-state index contributed by atoms with van der Waals surface area (Å²) in [5, 5.41) is 0. The van der Waals surface area contributed by atoms with Crippen molar-refractivity contribution in [2.75, 3.05) is 6.54 Å². The molecule has 134 valence electrons. The number of benzene rings is 1. The molecule has 1 fully saturated rings. The number of hydrogen-bond donors (Lipinski definition) is 0. The maximum Gasteiger partial charge on any atom is 0.573 e. The SMILES string of the molecule is C[C@@H](C1CC1)N(CC(F)(F)F)C(=O)c1ccc(OC(F)(F)F)cc1. The Bertz CT molecular complexity index is 577. The molecule has 1 amide bonds. The van der Waals surface area contributed by atoms with E-state index in [4.69, 9.17) is 0 Å². The molecule has 0 spiro atoms. The maximum absolute atomic E-state index is 12.7. The van der Waals surface area contributed by atoms with Gasteiger partial charge in [0.15, 0.2) is 0 Å². The van der Waals surface area contributed by atoms with Crippen LogP contribution in [-0.4, -0.2) is 35.9 Å². The number of rotatable bonds is 5. The Kier molecular flexibility index (Phi) is 5.00. The molecule has 1 atom stereocenters. The maximum atomic E-state index is 12.7. The van der Waals surface area contributed by atoms with Crippen molar-refractivity contribution in [3.8, 4) is 5.75 Å². The average molecular weight is 355 g/mol. The first-order chi connectivity index (χ1) is 11.0. The van der Waals surface area contributed by atoms with Crippen molar-refractivity contribution in [3.63, 3.8) is 0 Å². The van der Waals surface area contributed by atoms with E-state index in [-0.39, 0.29) is 11.5 Å². The van der Waals surface area contributed by atoms with Gasteiger partial charge < -0.3 is 9.64 Å². The number of halogens is 6. The van der Waals surface area contributed by atoms with Crippen LogP contribution in [0.4, 0.5) is 26.3 Å². The summed E-state index contributed by atoms with van der Waals surface area (Å²) in [5.74, 6) is -1.40. The Labute approximate surface area is 134 Å². The molecular formula is C15H15F6NO2. The third-order valence-corrected chi connectivity index (χ3v) is 3.74. The lowest BCUT2D eigenvalue weighted by atomic mass is 10.1. The summed E-state index contributed by atoms with van der Waals surface area (Å²) in [5.41, 5.74) is -0.124. The smallest absolute Gasteiger partial charge is 0.406 e. The molecule has 0 bridgehead atoms. The summed E-state index contributed by atoms with van der Waals surface area (Å²) in [6.45, 7) is 0.146. The van der Waals surface area contributed by atoms with E-state index < -0.39 is 36.8 Å². The molecule has 0 aromatic heterocycles. The quantitative estimate of drug-likeness (QED) is 0.734. The van der Waals surface area contributed by atoms with Crippen molar-refractivity contribution in [2.45, 2.75) is 38.3 Å². The molecular weight excluding hydrogens is 340 g/mol. The van der Waals surface area contributed by atoms with Gasteiger partial charge in [0, 0.05) is 11.6 Å². The van der Waals surface area contributed by atoms with Gasteiger partial charge in [-0.3, -0.25) is 4.79 Å². The topological polar surface area (TPSA) is 29.5 Å². The van der Waals surface area contributed by atoms with E-state index >= 15 is 0 Å². The molecule has 1 aromatic rings. The van der Waals surface area contributed by atoms with Crippen LogP contribution in [0, 0.1) is 5.92 Å². The van der Waals surface area contributed by atoms with Crippen LogP contribution in [0.1, 0.15) is 30.1 Å². The van der Waals surface area contributed by atoms with Gasteiger partial charge in [-0.15, -0.1) is 13.2 Å². The van der Waals surface area contributed by atoms with Crippen molar-refractivity contribution in [1.82, 2.24) is 4.90 Å². The molecule has 9 heteroatoms. The van der Waals surface area contributed by atoms with E-state index in [1.807, 2.05) is 0 Å². The molecule has 1 aliphatic carbocycles. The molecule has 0 N–H and O–H groups in total. The molecule has 0 radical (unpaired) electrons. The summed E-state index contributed by atoms with van der Waals surface area (Å²) in [6.07, 6.45) is -7.94. The number of amides is 1. The summed E-state index contributed by atoms with van der Waals surface area (Å²) < 4.78 is 78.2. The molecule has 0 aliphatic heterocycles. The summed E-state index contributed by atoms with van der Waals surface area (Å²) in [7, 11) is 0. The highest BCUT2D eigenvalue weighted by atomic mass is 19.4. The van der Waals surface area contributed by atoms with E-state index in [2.05, 4.69) is 4.74 Å². The predicted octanol–water partition coefficient (Wildman–Crippen LogP) is 4.39. The largest absolute Gasteiger partial charge is 0.573 e. The average Bonchev–Trinajstić information content (AvgIpc) is 3.26. The Hall–Kier alpha value is -1.93. The minimum Gasteiger partial charge on any atom is -0.406 e. The lowest BCUT2D eigenvalue weighted by molar-refractivity contribution is -0.274. The van der Waals surface area contributed by atoms with E-state index in [0.717, 1.165) is 42.0 Å². The first-order valence-corrected chi connectivity index (χ1v) is 7.20. The molecule has 3 nitrogen and oxygen atoms in total. The molecule has 24 heavy (non-hydrogen) atoms. The van der Waals surface area contributed by atoms with E-state index in [1.54, 1.807) is 6.92 Å². The van der Waals surface area contributed by atoms with Crippen LogP contribution >= 0.6 is 0 Å².